The lowest BCUT2D eigenvalue weighted by Gasteiger charge is -2.33. The first-order valence-electron chi connectivity index (χ1n) is 8.10. The molecule has 1 spiro atoms. The molecular formula is C16H29ClN4. The Morgan fingerprint density at radius 1 is 1.29 bits per heavy atom. The zero-order valence-electron chi connectivity index (χ0n) is 13.3. The summed E-state index contributed by atoms with van der Waals surface area (Å²) in [6, 6.07) is 0. The summed E-state index contributed by atoms with van der Waals surface area (Å²) in [7, 11) is 0. The van der Waals surface area contributed by atoms with Crippen LogP contribution >= 0.6 is 12.4 Å². The van der Waals surface area contributed by atoms with Crippen molar-refractivity contribution in [2.75, 3.05) is 26.2 Å². The minimum atomic E-state index is 0. The molecule has 0 saturated carbocycles. The minimum Gasteiger partial charge on any atom is -0.317 e. The van der Waals surface area contributed by atoms with Gasteiger partial charge in [-0.25, -0.2) is 0 Å². The van der Waals surface area contributed by atoms with Gasteiger partial charge in [-0.15, -0.1) is 12.4 Å². The minimum absolute atomic E-state index is 0. The highest BCUT2D eigenvalue weighted by molar-refractivity contribution is 5.85. The highest BCUT2D eigenvalue weighted by atomic mass is 35.5. The van der Waals surface area contributed by atoms with Crippen LogP contribution in [-0.2, 0) is 13.1 Å². The number of halogens is 1. The molecule has 3 rings (SSSR count). The van der Waals surface area contributed by atoms with Crippen LogP contribution in [0.2, 0.25) is 0 Å². The molecule has 0 bridgehead atoms. The second-order valence-electron chi connectivity index (χ2n) is 7.18. The van der Waals surface area contributed by atoms with E-state index in [-0.39, 0.29) is 12.4 Å². The Morgan fingerprint density at radius 2 is 2.05 bits per heavy atom. The monoisotopic (exact) mass is 312 g/mol. The van der Waals surface area contributed by atoms with Gasteiger partial charge in [-0.1, -0.05) is 13.8 Å². The number of rotatable bonds is 4. The number of piperidine rings is 1. The smallest absolute Gasteiger partial charge is 0.0534 e. The standard InChI is InChI=1S/C16H28N4.ClH/c1-14(2)10-20-12-15(9-18-20)11-19-8-5-16(13-19)3-6-17-7-4-16;/h9,12,14,17H,3-8,10-11,13H2,1-2H3;1H. The van der Waals surface area contributed by atoms with Gasteiger partial charge in [0.1, 0.15) is 0 Å². The van der Waals surface area contributed by atoms with Crippen LogP contribution in [0, 0.1) is 11.3 Å². The van der Waals surface area contributed by atoms with E-state index in [1.54, 1.807) is 0 Å². The van der Waals surface area contributed by atoms with Crippen molar-refractivity contribution < 1.29 is 0 Å². The van der Waals surface area contributed by atoms with Crippen molar-refractivity contribution in [2.45, 2.75) is 46.2 Å². The molecule has 21 heavy (non-hydrogen) atoms. The third kappa shape index (κ3) is 4.21. The Morgan fingerprint density at radius 3 is 2.76 bits per heavy atom. The summed E-state index contributed by atoms with van der Waals surface area (Å²) in [4.78, 5) is 2.63. The molecule has 2 aliphatic heterocycles. The lowest BCUT2D eigenvalue weighted by molar-refractivity contribution is 0.194. The van der Waals surface area contributed by atoms with Crippen LogP contribution in [0.1, 0.15) is 38.7 Å². The van der Waals surface area contributed by atoms with Gasteiger partial charge < -0.3 is 5.32 Å². The number of nitrogens with zero attached hydrogens (tertiary/aromatic N) is 3. The van der Waals surface area contributed by atoms with Crippen molar-refractivity contribution in [3.8, 4) is 0 Å². The third-order valence-electron chi connectivity index (χ3n) is 4.83. The van der Waals surface area contributed by atoms with Crippen LogP contribution < -0.4 is 5.32 Å². The molecule has 0 aliphatic carbocycles. The molecule has 120 valence electrons. The molecule has 0 radical (unpaired) electrons. The lowest BCUT2D eigenvalue weighted by Crippen LogP contribution is -2.38. The van der Waals surface area contributed by atoms with Crippen molar-refractivity contribution in [1.82, 2.24) is 20.0 Å². The second-order valence-corrected chi connectivity index (χ2v) is 7.18. The number of aromatic nitrogens is 2. The van der Waals surface area contributed by atoms with Gasteiger partial charge in [-0.3, -0.25) is 9.58 Å². The van der Waals surface area contributed by atoms with Gasteiger partial charge in [0.15, 0.2) is 0 Å². The number of hydrogen-bond acceptors (Lipinski definition) is 3. The van der Waals surface area contributed by atoms with E-state index in [0.29, 0.717) is 11.3 Å². The zero-order chi connectivity index (χ0) is 14.0. The van der Waals surface area contributed by atoms with Crippen LogP contribution in [0.15, 0.2) is 12.4 Å². The predicted molar refractivity (Wildman–Crippen MR) is 88.7 cm³/mol. The van der Waals surface area contributed by atoms with E-state index in [9.17, 15) is 0 Å². The molecule has 2 aliphatic rings. The fourth-order valence-corrected chi connectivity index (χ4v) is 3.75. The van der Waals surface area contributed by atoms with Gasteiger partial charge in [0.25, 0.3) is 0 Å². The predicted octanol–water partition coefficient (Wildman–Crippen LogP) is 2.54. The zero-order valence-corrected chi connectivity index (χ0v) is 14.2. The molecule has 1 N–H and O–H groups in total. The topological polar surface area (TPSA) is 33.1 Å². The SMILES string of the molecule is CC(C)Cn1cc(CN2CCC3(CCNCC3)C2)cn1.Cl. The molecule has 1 aromatic rings. The van der Waals surface area contributed by atoms with Crippen LogP contribution in [0.5, 0.6) is 0 Å². The quantitative estimate of drug-likeness (QED) is 0.927. The Hall–Kier alpha value is -0.580. The van der Waals surface area contributed by atoms with E-state index in [1.807, 2.05) is 0 Å². The average Bonchev–Trinajstić information content (AvgIpc) is 2.99. The van der Waals surface area contributed by atoms with Crippen LogP contribution in [-0.4, -0.2) is 40.9 Å². The maximum Gasteiger partial charge on any atom is 0.0534 e. The number of hydrogen-bond donors (Lipinski definition) is 1. The summed E-state index contributed by atoms with van der Waals surface area (Å²) in [5.41, 5.74) is 1.98. The van der Waals surface area contributed by atoms with Crippen LogP contribution in [0.4, 0.5) is 0 Å². The molecular weight excluding hydrogens is 284 g/mol. The Labute approximate surface area is 134 Å². The molecule has 0 aromatic carbocycles. The Bertz CT molecular complexity index is 437. The molecule has 0 amide bonds. The largest absolute Gasteiger partial charge is 0.317 e. The first-order chi connectivity index (χ1) is 9.65. The van der Waals surface area contributed by atoms with E-state index in [0.717, 1.165) is 13.1 Å². The Kier molecular flexibility index (Phi) is 5.69. The summed E-state index contributed by atoms with van der Waals surface area (Å²) in [5, 5.41) is 7.97. The summed E-state index contributed by atoms with van der Waals surface area (Å²) < 4.78 is 2.09. The van der Waals surface area contributed by atoms with Crippen molar-refractivity contribution in [3.63, 3.8) is 0 Å². The van der Waals surface area contributed by atoms with Crippen molar-refractivity contribution >= 4 is 12.4 Å². The highest BCUT2D eigenvalue weighted by Gasteiger charge is 2.38. The van der Waals surface area contributed by atoms with E-state index in [1.165, 1.54) is 51.0 Å². The van der Waals surface area contributed by atoms with E-state index < -0.39 is 0 Å². The highest BCUT2D eigenvalue weighted by Crippen LogP contribution is 2.38. The van der Waals surface area contributed by atoms with Crippen LogP contribution in [0.3, 0.4) is 0 Å². The van der Waals surface area contributed by atoms with Gasteiger partial charge in [0.2, 0.25) is 0 Å². The molecule has 2 saturated heterocycles. The first kappa shape index (κ1) is 16.8. The number of nitrogens with one attached hydrogen (secondary N) is 1. The molecule has 0 unspecified atom stereocenters. The lowest BCUT2D eigenvalue weighted by atomic mass is 9.78. The molecule has 0 atom stereocenters. The summed E-state index contributed by atoms with van der Waals surface area (Å²) in [5.74, 6) is 0.660. The molecule has 2 fully saturated rings. The van der Waals surface area contributed by atoms with Gasteiger partial charge in [-0.05, 0) is 50.2 Å². The van der Waals surface area contributed by atoms with Crippen molar-refractivity contribution in [3.05, 3.63) is 18.0 Å². The van der Waals surface area contributed by atoms with Crippen LogP contribution in [0.25, 0.3) is 0 Å². The molecule has 4 nitrogen and oxygen atoms in total. The van der Waals surface area contributed by atoms with Crippen molar-refractivity contribution in [1.29, 1.82) is 0 Å². The van der Waals surface area contributed by atoms with Gasteiger partial charge in [0, 0.05) is 31.4 Å². The van der Waals surface area contributed by atoms with Gasteiger partial charge >= 0.3 is 0 Å². The van der Waals surface area contributed by atoms with Gasteiger partial charge in [-0.2, -0.15) is 5.10 Å². The number of likely N-dealkylation sites (tertiary alicyclic amines) is 1. The Balaban J connectivity index is 0.00000161. The maximum atomic E-state index is 4.48. The summed E-state index contributed by atoms with van der Waals surface area (Å²) in [6.45, 7) is 11.5. The average molecular weight is 313 g/mol. The van der Waals surface area contributed by atoms with Crippen molar-refractivity contribution in [2.24, 2.45) is 11.3 Å². The normalized spacial score (nSPS) is 21.9. The fourth-order valence-electron chi connectivity index (χ4n) is 3.75. The molecule has 5 heteroatoms. The first-order valence-corrected chi connectivity index (χ1v) is 8.10. The van der Waals surface area contributed by atoms with Gasteiger partial charge in [0.05, 0.1) is 6.20 Å². The fraction of sp³-hybridized carbons (Fsp3) is 0.812. The molecule has 1 aromatic heterocycles. The molecule has 3 heterocycles. The van der Waals surface area contributed by atoms with E-state index in [4.69, 9.17) is 0 Å². The van der Waals surface area contributed by atoms with E-state index >= 15 is 0 Å². The third-order valence-corrected chi connectivity index (χ3v) is 4.83. The summed E-state index contributed by atoms with van der Waals surface area (Å²) >= 11 is 0. The maximum absolute atomic E-state index is 4.48. The summed E-state index contributed by atoms with van der Waals surface area (Å²) in [6.07, 6.45) is 8.38. The second kappa shape index (κ2) is 7.12. The van der Waals surface area contributed by atoms with E-state index in [2.05, 4.69) is 46.2 Å².